The summed E-state index contributed by atoms with van der Waals surface area (Å²) in [6.45, 7) is 1.70. The van der Waals surface area contributed by atoms with E-state index < -0.39 is 6.10 Å². The van der Waals surface area contributed by atoms with E-state index in [4.69, 9.17) is 9.47 Å². The number of amides is 1. The Labute approximate surface area is 89.2 Å². The largest absolute Gasteiger partial charge is 0.497 e. The van der Waals surface area contributed by atoms with Gasteiger partial charge in [0.15, 0.2) is 6.10 Å². The summed E-state index contributed by atoms with van der Waals surface area (Å²) in [5, 5.41) is 2.52. The fourth-order valence-electron chi connectivity index (χ4n) is 1.12. The summed E-state index contributed by atoms with van der Waals surface area (Å²) in [5.74, 6) is 1.26. The standard InChI is InChI=1S/C11H15NO3/c1-8(11(13)12-2)15-10-6-4-9(14-3)5-7-10/h4-8H,1-3H3,(H,12,13). The highest BCUT2D eigenvalue weighted by atomic mass is 16.5. The third-order valence-corrected chi connectivity index (χ3v) is 1.99. The number of carbonyl (C=O) groups is 1. The lowest BCUT2D eigenvalue weighted by atomic mass is 10.3. The first-order valence-corrected chi connectivity index (χ1v) is 4.69. The minimum absolute atomic E-state index is 0.147. The minimum Gasteiger partial charge on any atom is -0.497 e. The van der Waals surface area contributed by atoms with Crippen LogP contribution in [0.1, 0.15) is 6.92 Å². The molecule has 4 nitrogen and oxygen atoms in total. The first kappa shape index (κ1) is 11.4. The summed E-state index contributed by atoms with van der Waals surface area (Å²) in [7, 11) is 3.18. The molecule has 0 aliphatic heterocycles. The molecule has 1 N–H and O–H groups in total. The Morgan fingerprint density at radius 3 is 2.27 bits per heavy atom. The molecule has 0 fully saturated rings. The predicted molar refractivity (Wildman–Crippen MR) is 57.2 cm³/mol. The molecule has 0 heterocycles. The van der Waals surface area contributed by atoms with E-state index in [0.29, 0.717) is 5.75 Å². The molecule has 1 amide bonds. The first-order valence-electron chi connectivity index (χ1n) is 4.69. The quantitative estimate of drug-likeness (QED) is 0.810. The van der Waals surface area contributed by atoms with Crippen molar-refractivity contribution in [3.8, 4) is 11.5 Å². The van der Waals surface area contributed by atoms with E-state index in [-0.39, 0.29) is 5.91 Å². The molecule has 0 aliphatic rings. The molecule has 0 radical (unpaired) electrons. The second kappa shape index (κ2) is 5.24. The highest BCUT2D eigenvalue weighted by Crippen LogP contribution is 2.17. The van der Waals surface area contributed by atoms with Crippen molar-refractivity contribution in [3.05, 3.63) is 24.3 Å². The molecule has 1 unspecified atom stereocenters. The number of nitrogens with one attached hydrogen (secondary N) is 1. The first-order chi connectivity index (χ1) is 7.17. The van der Waals surface area contributed by atoms with Crippen LogP contribution in [0, 0.1) is 0 Å². The Balaban J connectivity index is 2.60. The lowest BCUT2D eigenvalue weighted by Crippen LogP contribution is -2.33. The monoisotopic (exact) mass is 209 g/mol. The Bertz CT molecular complexity index is 321. The highest BCUT2D eigenvalue weighted by Gasteiger charge is 2.11. The molecule has 1 rings (SSSR count). The second-order valence-corrected chi connectivity index (χ2v) is 3.05. The van der Waals surface area contributed by atoms with Crippen molar-refractivity contribution in [2.45, 2.75) is 13.0 Å². The van der Waals surface area contributed by atoms with Crippen LogP contribution in [-0.4, -0.2) is 26.2 Å². The lowest BCUT2D eigenvalue weighted by molar-refractivity contribution is -0.126. The molecule has 0 spiro atoms. The van der Waals surface area contributed by atoms with Gasteiger partial charge in [-0.3, -0.25) is 4.79 Å². The third-order valence-electron chi connectivity index (χ3n) is 1.99. The maximum Gasteiger partial charge on any atom is 0.260 e. The molecule has 0 saturated carbocycles. The molecular weight excluding hydrogens is 194 g/mol. The third kappa shape index (κ3) is 3.16. The number of carbonyl (C=O) groups excluding carboxylic acids is 1. The SMILES string of the molecule is CNC(=O)C(C)Oc1ccc(OC)cc1. The van der Waals surface area contributed by atoms with Crippen molar-refractivity contribution >= 4 is 5.91 Å². The van der Waals surface area contributed by atoms with Crippen LogP contribution in [0.2, 0.25) is 0 Å². The van der Waals surface area contributed by atoms with E-state index >= 15 is 0 Å². The Morgan fingerprint density at radius 1 is 1.27 bits per heavy atom. The number of ether oxygens (including phenoxy) is 2. The van der Waals surface area contributed by atoms with Crippen LogP contribution in [-0.2, 0) is 4.79 Å². The molecule has 4 heteroatoms. The van der Waals surface area contributed by atoms with Crippen molar-refractivity contribution < 1.29 is 14.3 Å². The van der Waals surface area contributed by atoms with Crippen molar-refractivity contribution in [2.24, 2.45) is 0 Å². The summed E-state index contributed by atoms with van der Waals surface area (Å²) in [5.41, 5.74) is 0. The highest BCUT2D eigenvalue weighted by molar-refractivity contribution is 5.80. The summed E-state index contributed by atoms with van der Waals surface area (Å²) in [4.78, 5) is 11.2. The maximum atomic E-state index is 11.2. The van der Waals surface area contributed by atoms with Crippen molar-refractivity contribution in [3.63, 3.8) is 0 Å². The van der Waals surface area contributed by atoms with Crippen LogP contribution in [0.4, 0.5) is 0 Å². The summed E-state index contributed by atoms with van der Waals surface area (Å²) < 4.78 is 10.4. The molecule has 0 aliphatic carbocycles. The molecule has 82 valence electrons. The Kier molecular flexibility index (Phi) is 3.97. The molecular formula is C11H15NO3. The second-order valence-electron chi connectivity index (χ2n) is 3.05. The van der Waals surface area contributed by atoms with E-state index in [1.165, 1.54) is 0 Å². The minimum atomic E-state index is -0.497. The van der Waals surface area contributed by atoms with Crippen molar-refractivity contribution in [2.75, 3.05) is 14.2 Å². The summed E-state index contributed by atoms with van der Waals surface area (Å²) in [6, 6.07) is 7.09. The number of hydrogen-bond donors (Lipinski definition) is 1. The number of methoxy groups -OCH3 is 1. The topological polar surface area (TPSA) is 47.6 Å². The van der Waals surface area contributed by atoms with Gasteiger partial charge in [0.1, 0.15) is 11.5 Å². The summed E-state index contributed by atoms with van der Waals surface area (Å²) in [6.07, 6.45) is -0.497. The zero-order valence-electron chi connectivity index (χ0n) is 9.11. The number of hydrogen-bond acceptors (Lipinski definition) is 3. The van der Waals surface area contributed by atoms with Crippen LogP contribution in [0.25, 0.3) is 0 Å². The number of likely N-dealkylation sites (N-methyl/N-ethyl adjacent to an activating group) is 1. The number of rotatable bonds is 4. The van der Waals surface area contributed by atoms with Gasteiger partial charge < -0.3 is 14.8 Å². The average Bonchev–Trinajstić information content (AvgIpc) is 2.29. The van der Waals surface area contributed by atoms with Gasteiger partial charge in [0, 0.05) is 7.05 Å². The van der Waals surface area contributed by atoms with Gasteiger partial charge in [-0.25, -0.2) is 0 Å². The van der Waals surface area contributed by atoms with Crippen molar-refractivity contribution in [1.82, 2.24) is 5.32 Å². The number of benzene rings is 1. The van der Waals surface area contributed by atoms with Gasteiger partial charge in [0.05, 0.1) is 7.11 Å². The van der Waals surface area contributed by atoms with Crippen LogP contribution in [0.3, 0.4) is 0 Å². The zero-order chi connectivity index (χ0) is 11.3. The Morgan fingerprint density at radius 2 is 1.80 bits per heavy atom. The van der Waals surface area contributed by atoms with Gasteiger partial charge in [-0.2, -0.15) is 0 Å². The Hall–Kier alpha value is -1.71. The van der Waals surface area contributed by atoms with Crippen LogP contribution in [0.15, 0.2) is 24.3 Å². The summed E-state index contributed by atoms with van der Waals surface area (Å²) >= 11 is 0. The van der Waals surface area contributed by atoms with Crippen molar-refractivity contribution in [1.29, 1.82) is 0 Å². The van der Waals surface area contributed by atoms with E-state index in [1.807, 2.05) is 0 Å². The van der Waals surface area contributed by atoms with Crippen LogP contribution in [0.5, 0.6) is 11.5 Å². The molecule has 15 heavy (non-hydrogen) atoms. The molecule has 0 saturated heterocycles. The normalized spacial score (nSPS) is 11.7. The molecule has 1 atom stereocenters. The van der Waals surface area contributed by atoms with Gasteiger partial charge >= 0.3 is 0 Å². The van der Waals surface area contributed by atoms with Gasteiger partial charge in [0.25, 0.3) is 5.91 Å². The van der Waals surface area contributed by atoms with Gasteiger partial charge in [0.2, 0.25) is 0 Å². The van der Waals surface area contributed by atoms with E-state index in [0.717, 1.165) is 5.75 Å². The average molecular weight is 209 g/mol. The van der Waals surface area contributed by atoms with E-state index in [9.17, 15) is 4.79 Å². The fourth-order valence-corrected chi connectivity index (χ4v) is 1.12. The lowest BCUT2D eigenvalue weighted by Gasteiger charge is -2.13. The maximum absolute atomic E-state index is 11.2. The van der Waals surface area contributed by atoms with Crippen LogP contribution < -0.4 is 14.8 Å². The fraction of sp³-hybridized carbons (Fsp3) is 0.364. The van der Waals surface area contributed by atoms with E-state index in [1.54, 1.807) is 45.3 Å². The predicted octanol–water partition coefficient (Wildman–Crippen LogP) is 1.21. The van der Waals surface area contributed by atoms with Gasteiger partial charge in [-0.1, -0.05) is 0 Å². The zero-order valence-corrected chi connectivity index (χ0v) is 9.11. The van der Waals surface area contributed by atoms with Gasteiger partial charge in [-0.05, 0) is 31.2 Å². The van der Waals surface area contributed by atoms with Gasteiger partial charge in [-0.15, -0.1) is 0 Å². The molecule has 0 bridgehead atoms. The molecule has 1 aromatic rings. The van der Waals surface area contributed by atoms with E-state index in [2.05, 4.69) is 5.32 Å². The van der Waals surface area contributed by atoms with Crippen LogP contribution >= 0.6 is 0 Å². The molecule has 0 aromatic heterocycles. The molecule has 1 aromatic carbocycles. The smallest absolute Gasteiger partial charge is 0.260 e.